The van der Waals surface area contributed by atoms with E-state index in [2.05, 4.69) is 6.07 Å². The van der Waals surface area contributed by atoms with E-state index in [9.17, 15) is 5.26 Å². The van der Waals surface area contributed by atoms with E-state index in [0.717, 1.165) is 5.56 Å². The van der Waals surface area contributed by atoms with Gasteiger partial charge in [-0.2, -0.15) is 5.26 Å². The summed E-state index contributed by atoms with van der Waals surface area (Å²) in [5, 5.41) is 10.1. The molecule has 130 valence electrons. The molecule has 3 aromatic rings. The minimum Gasteiger partial charge on any atom is -0.454 e. The van der Waals surface area contributed by atoms with Crippen LogP contribution in [0.25, 0.3) is 0 Å². The van der Waals surface area contributed by atoms with Crippen molar-refractivity contribution in [3.8, 4) is 29.2 Å². The zero-order valence-corrected chi connectivity index (χ0v) is 14.4. The molecule has 0 fully saturated rings. The second-order valence-corrected chi connectivity index (χ2v) is 6.17. The molecular formula is C19H14ClN3O3. The maximum absolute atomic E-state index is 9.43. The molecule has 1 aliphatic heterocycles. The summed E-state index contributed by atoms with van der Waals surface area (Å²) in [5.41, 5.74) is 7.84. The van der Waals surface area contributed by atoms with Gasteiger partial charge in [0.2, 0.25) is 12.7 Å². The molecule has 1 aliphatic rings. The van der Waals surface area contributed by atoms with Gasteiger partial charge in [0.05, 0.1) is 12.2 Å². The van der Waals surface area contributed by atoms with E-state index in [1.807, 2.05) is 12.1 Å². The van der Waals surface area contributed by atoms with Crippen molar-refractivity contribution in [1.29, 1.82) is 5.26 Å². The highest BCUT2D eigenvalue weighted by atomic mass is 35.5. The molecule has 26 heavy (non-hydrogen) atoms. The summed E-state index contributed by atoms with van der Waals surface area (Å²) in [7, 11) is 0. The van der Waals surface area contributed by atoms with Crippen molar-refractivity contribution in [2.24, 2.45) is 0 Å². The van der Waals surface area contributed by atoms with Crippen molar-refractivity contribution in [2.75, 3.05) is 12.5 Å². The van der Waals surface area contributed by atoms with Crippen LogP contribution in [0.4, 0.5) is 5.69 Å². The lowest BCUT2D eigenvalue weighted by Gasteiger charge is -2.13. The Labute approximate surface area is 154 Å². The SMILES string of the molecule is N#Cc1cc(N)c(Oc2ccc3c(c2)OCO3)n1Cc1ccc(Cl)cc1. The smallest absolute Gasteiger partial charge is 0.231 e. The third kappa shape index (κ3) is 3.01. The van der Waals surface area contributed by atoms with Crippen LogP contribution < -0.4 is 19.9 Å². The molecule has 2 heterocycles. The molecule has 0 atom stereocenters. The van der Waals surface area contributed by atoms with Gasteiger partial charge in [-0.1, -0.05) is 23.7 Å². The zero-order chi connectivity index (χ0) is 18.1. The number of halogens is 1. The summed E-state index contributed by atoms with van der Waals surface area (Å²) in [4.78, 5) is 0. The highest BCUT2D eigenvalue weighted by molar-refractivity contribution is 6.30. The van der Waals surface area contributed by atoms with Gasteiger partial charge in [-0.3, -0.25) is 4.57 Å². The van der Waals surface area contributed by atoms with Gasteiger partial charge < -0.3 is 19.9 Å². The normalized spacial score (nSPS) is 12.0. The topological polar surface area (TPSA) is 82.4 Å². The van der Waals surface area contributed by atoms with Crippen molar-refractivity contribution in [1.82, 2.24) is 4.57 Å². The second kappa shape index (κ2) is 6.54. The van der Waals surface area contributed by atoms with Gasteiger partial charge in [0.1, 0.15) is 17.5 Å². The standard InChI is InChI=1S/C19H14ClN3O3/c20-13-3-1-12(2-4-13)10-23-14(9-21)7-16(22)19(23)26-15-5-6-17-18(8-15)25-11-24-17/h1-8H,10-11,22H2. The van der Waals surface area contributed by atoms with Crippen LogP contribution in [0.5, 0.6) is 23.1 Å². The van der Waals surface area contributed by atoms with E-state index in [4.69, 9.17) is 31.5 Å². The van der Waals surface area contributed by atoms with Crippen LogP contribution in [-0.4, -0.2) is 11.4 Å². The predicted octanol–water partition coefficient (Wildman–Crippen LogP) is 4.16. The van der Waals surface area contributed by atoms with E-state index in [1.165, 1.54) is 0 Å². The van der Waals surface area contributed by atoms with Crippen molar-refractivity contribution in [2.45, 2.75) is 6.54 Å². The van der Waals surface area contributed by atoms with E-state index in [0.29, 0.717) is 46.1 Å². The highest BCUT2D eigenvalue weighted by Crippen LogP contribution is 2.38. The van der Waals surface area contributed by atoms with Gasteiger partial charge in [-0.25, -0.2) is 0 Å². The molecule has 1 aromatic heterocycles. The van der Waals surface area contributed by atoms with E-state index in [1.54, 1.807) is 41.0 Å². The molecule has 2 N–H and O–H groups in total. The lowest BCUT2D eigenvalue weighted by Crippen LogP contribution is -2.05. The molecule has 0 spiro atoms. The first-order valence-electron chi connectivity index (χ1n) is 7.85. The summed E-state index contributed by atoms with van der Waals surface area (Å²) in [5.74, 6) is 2.22. The number of fused-ring (bicyclic) bond motifs is 1. The minimum absolute atomic E-state index is 0.187. The summed E-state index contributed by atoms with van der Waals surface area (Å²) in [6.45, 7) is 0.615. The van der Waals surface area contributed by atoms with E-state index in [-0.39, 0.29) is 6.79 Å². The Bertz CT molecular complexity index is 1010. The Hall–Kier alpha value is -3.30. The highest BCUT2D eigenvalue weighted by Gasteiger charge is 2.18. The first-order valence-corrected chi connectivity index (χ1v) is 8.23. The van der Waals surface area contributed by atoms with Crippen LogP contribution in [0.1, 0.15) is 11.3 Å². The number of nitrogens with two attached hydrogens (primary N) is 1. The van der Waals surface area contributed by atoms with Gasteiger partial charge in [-0.05, 0) is 29.8 Å². The summed E-state index contributed by atoms with van der Waals surface area (Å²) >= 11 is 5.94. The van der Waals surface area contributed by atoms with Crippen LogP contribution in [0.2, 0.25) is 5.02 Å². The number of benzene rings is 2. The number of hydrogen-bond acceptors (Lipinski definition) is 5. The summed E-state index contributed by atoms with van der Waals surface area (Å²) in [6.07, 6.45) is 0. The zero-order valence-electron chi connectivity index (χ0n) is 13.6. The summed E-state index contributed by atoms with van der Waals surface area (Å²) < 4.78 is 18.4. The minimum atomic E-state index is 0.187. The van der Waals surface area contributed by atoms with Crippen molar-refractivity contribution in [3.05, 3.63) is 64.8 Å². The van der Waals surface area contributed by atoms with Crippen LogP contribution >= 0.6 is 11.6 Å². The maximum atomic E-state index is 9.43. The molecule has 0 saturated heterocycles. The molecule has 4 rings (SSSR count). The number of hydrogen-bond donors (Lipinski definition) is 1. The average molecular weight is 368 g/mol. The Morgan fingerprint density at radius 1 is 1.12 bits per heavy atom. The fourth-order valence-corrected chi connectivity index (χ4v) is 2.87. The Kier molecular flexibility index (Phi) is 4.07. The molecule has 0 aliphatic carbocycles. The van der Waals surface area contributed by atoms with Crippen LogP contribution in [-0.2, 0) is 6.54 Å². The Morgan fingerprint density at radius 3 is 2.65 bits per heavy atom. The number of aromatic nitrogens is 1. The molecule has 0 amide bonds. The van der Waals surface area contributed by atoms with Gasteiger partial charge in [0, 0.05) is 17.2 Å². The molecule has 0 radical (unpaired) electrons. The molecule has 0 saturated carbocycles. The summed E-state index contributed by atoms with van der Waals surface area (Å²) in [6, 6.07) is 16.4. The first kappa shape index (κ1) is 16.2. The van der Waals surface area contributed by atoms with Gasteiger partial charge >= 0.3 is 0 Å². The molecule has 7 heteroatoms. The number of nitrogens with zero attached hydrogens (tertiary/aromatic N) is 2. The van der Waals surface area contributed by atoms with Crippen molar-refractivity contribution < 1.29 is 14.2 Å². The first-order chi connectivity index (χ1) is 12.6. The number of nitrogen functional groups attached to an aromatic ring is 1. The Morgan fingerprint density at radius 2 is 1.88 bits per heavy atom. The largest absolute Gasteiger partial charge is 0.454 e. The van der Waals surface area contributed by atoms with E-state index < -0.39 is 0 Å². The molecular weight excluding hydrogens is 354 g/mol. The second-order valence-electron chi connectivity index (χ2n) is 5.73. The number of anilines is 1. The predicted molar refractivity (Wildman–Crippen MR) is 96.8 cm³/mol. The third-order valence-corrected chi connectivity index (χ3v) is 4.25. The molecule has 6 nitrogen and oxygen atoms in total. The van der Waals surface area contributed by atoms with E-state index >= 15 is 0 Å². The fraction of sp³-hybridized carbons (Fsp3) is 0.105. The van der Waals surface area contributed by atoms with Gasteiger partial charge in [-0.15, -0.1) is 0 Å². The van der Waals surface area contributed by atoms with Crippen molar-refractivity contribution >= 4 is 17.3 Å². The lowest BCUT2D eigenvalue weighted by molar-refractivity contribution is 0.174. The number of rotatable bonds is 4. The maximum Gasteiger partial charge on any atom is 0.231 e. The molecule has 2 aromatic carbocycles. The van der Waals surface area contributed by atoms with Crippen LogP contribution in [0.3, 0.4) is 0 Å². The quantitative estimate of drug-likeness (QED) is 0.748. The third-order valence-electron chi connectivity index (χ3n) is 4.00. The average Bonchev–Trinajstić information content (AvgIpc) is 3.22. The number of nitriles is 1. The van der Waals surface area contributed by atoms with Crippen LogP contribution in [0, 0.1) is 11.3 Å². The molecule has 0 bridgehead atoms. The molecule has 0 unspecified atom stereocenters. The van der Waals surface area contributed by atoms with Crippen molar-refractivity contribution in [3.63, 3.8) is 0 Å². The van der Waals surface area contributed by atoms with Gasteiger partial charge in [0.15, 0.2) is 11.5 Å². The van der Waals surface area contributed by atoms with Crippen LogP contribution in [0.15, 0.2) is 48.5 Å². The Balaban J connectivity index is 1.68. The lowest BCUT2D eigenvalue weighted by atomic mass is 10.2. The van der Waals surface area contributed by atoms with Gasteiger partial charge in [0.25, 0.3) is 0 Å². The fourth-order valence-electron chi connectivity index (χ4n) is 2.74. The number of ether oxygens (including phenoxy) is 3. The monoisotopic (exact) mass is 367 g/mol.